The van der Waals surface area contributed by atoms with Crippen molar-refractivity contribution >= 4 is 37.3 Å². The van der Waals surface area contributed by atoms with E-state index < -0.39 is 19.7 Å². The Balaban J connectivity index is 1.43. The van der Waals surface area contributed by atoms with Crippen LogP contribution in [0, 0.1) is 0 Å². The molecule has 1 aromatic heterocycles. The molecule has 2 heterocycles. The summed E-state index contributed by atoms with van der Waals surface area (Å²) in [6.07, 6.45) is 4.71. The van der Waals surface area contributed by atoms with Gasteiger partial charge in [0.2, 0.25) is 9.84 Å². The summed E-state index contributed by atoms with van der Waals surface area (Å²) in [5.41, 5.74) is 6.43. The maximum atomic E-state index is 12.8. The first-order valence-electron chi connectivity index (χ1n) is 10.5. The van der Waals surface area contributed by atoms with E-state index in [-0.39, 0.29) is 15.5 Å². The van der Waals surface area contributed by atoms with Crippen molar-refractivity contribution in [1.82, 2.24) is 10.3 Å². The van der Waals surface area contributed by atoms with Gasteiger partial charge in [0.05, 0.1) is 38.8 Å². The van der Waals surface area contributed by atoms with Crippen LogP contribution in [0.1, 0.15) is 11.3 Å². The van der Waals surface area contributed by atoms with E-state index in [0.29, 0.717) is 25.4 Å². The molecule has 0 unspecified atom stereocenters. The smallest absolute Gasteiger partial charge is 0.206 e. The third-order valence-corrected chi connectivity index (χ3v) is 7.88. The molecule has 0 saturated carbocycles. The summed E-state index contributed by atoms with van der Waals surface area (Å²) in [5.74, 6) is 0.0720. The fourth-order valence-corrected chi connectivity index (χ4v) is 5.20. The second-order valence-electron chi connectivity index (χ2n) is 7.87. The van der Waals surface area contributed by atoms with Gasteiger partial charge < -0.3 is 5.32 Å². The van der Waals surface area contributed by atoms with Crippen LogP contribution in [0.4, 0.5) is 11.4 Å². The van der Waals surface area contributed by atoms with Gasteiger partial charge in [-0.2, -0.15) is 0 Å². The molecule has 2 N–H and O–H groups in total. The average molecular weight is 500 g/mol. The summed E-state index contributed by atoms with van der Waals surface area (Å²) in [7, 11) is -6.58. The molecule has 0 fully saturated rings. The quantitative estimate of drug-likeness (QED) is 0.430. The highest BCUT2D eigenvalue weighted by molar-refractivity contribution is 7.91. The normalized spacial score (nSPS) is 13.5. The third kappa shape index (κ3) is 5.79. The molecule has 0 saturated heterocycles. The summed E-state index contributed by atoms with van der Waals surface area (Å²) in [5, 5.41) is 4.90. The lowest BCUT2D eigenvalue weighted by Gasteiger charge is -2.28. The molecule has 3 aromatic rings. The highest BCUT2D eigenvalue weighted by Gasteiger charge is 2.18. The lowest BCUT2D eigenvalue weighted by Crippen LogP contribution is -2.33. The van der Waals surface area contributed by atoms with E-state index in [1.54, 1.807) is 67.0 Å². The molecular weight excluding hydrogens is 474 g/mol. The molecule has 9 nitrogen and oxygen atoms in total. The van der Waals surface area contributed by atoms with Crippen molar-refractivity contribution in [1.29, 1.82) is 0 Å². The topological polar surface area (TPSA) is 121 Å². The monoisotopic (exact) mass is 499 g/mol. The fraction of sp³-hybridized carbons (Fsp3) is 0.217. The number of anilines is 2. The van der Waals surface area contributed by atoms with E-state index >= 15 is 0 Å². The van der Waals surface area contributed by atoms with E-state index in [9.17, 15) is 16.8 Å². The Hall–Kier alpha value is -3.28. The van der Waals surface area contributed by atoms with Crippen LogP contribution in [0.25, 0.3) is 0 Å². The van der Waals surface area contributed by atoms with Crippen molar-refractivity contribution in [3.05, 3.63) is 78.1 Å². The Morgan fingerprint density at radius 2 is 1.68 bits per heavy atom. The third-order valence-electron chi connectivity index (χ3n) is 5.15. The first-order valence-corrected chi connectivity index (χ1v) is 14.1. The van der Waals surface area contributed by atoms with Gasteiger partial charge in [-0.25, -0.2) is 16.8 Å². The van der Waals surface area contributed by atoms with Gasteiger partial charge in [0.1, 0.15) is 16.5 Å². The van der Waals surface area contributed by atoms with Crippen molar-refractivity contribution in [2.75, 3.05) is 35.7 Å². The van der Waals surface area contributed by atoms with Gasteiger partial charge in [-0.1, -0.05) is 18.2 Å². The van der Waals surface area contributed by atoms with Crippen molar-refractivity contribution in [2.45, 2.75) is 16.3 Å². The molecule has 1 aliphatic rings. The van der Waals surface area contributed by atoms with Gasteiger partial charge in [-0.05, 0) is 42.5 Å². The van der Waals surface area contributed by atoms with Crippen LogP contribution in [0.5, 0.6) is 0 Å². The predicted octanol–water partition coefficient (Wildman–Crippen LogP) is 2.27. The minimum Gasteiger partial charge on any atom is -0.310 e. The number of benzene rings is 2. The minimum atomic E-state index is -3.57. The van der Waals surface area contributed by atoms with Crippen LogP contribution >= 0.6 is 0 Å². The summed E-state index contributed by atoms with van der Waals surface area (Å²) in [4.78, 5) is 9.31. The highest BCUT2D eigenvalue weighted by Crippen LogP contribution is 2.25. The van der Waals surface area contributed by atoms with Gasteiger partial charge in [0, 0.05) is 31.1 Å². The zero-order valence-electron chi connectivity index (χ0n) is 18.5. The zero-order valence-corrected chi connectivity index (χ0v) is 20.2. The molecule has 0 atom stereocenters. The van der Waals surface area contributed by atoms with Crippen LogP contribution < -0.4 is 15.8 Å². The van der Waals surface area contributed by atoms with E-state index in [4.69, 9.17) is 0 Å². The van der Waals surface area contributed by atoms with Crippen LogP contribution in [0.3, 0.4) is 0 Å². The molecule has 0 radical (unpaired) electrons. The van der Waals surface area contributed by atoms with E-state index in [1.165, 1.54) is 6.26 Å². The molecule has 0 amide bonds. The molecule has 0 bridgehead atoms. The lowest BCUT2D eigenvalue weighted by molar-refractivity contribution is 0.594. The van der Waals surface area contributed by atoms with Crippen molar-refractivity contribution in [3.8, 4) is 0 Å². The SMILES string of the molecule is CS(=O)(=O)CCNCc1cc2c(cn1)N(Nc1ccc(S(=O)(=O)c3ccccc3)cc1)CN=C2. The molecule has 2 aromatic carbocycles. The number of hydrogen-bond donors (Lipinski definition) is 2. The average Bonchev–Trinajstić information content (AvgIpc) is 2.82. The standard InChI is InChI=1S/C23H25N5O4S2/c1-33(29,30)12-11-24-15-20-13-18-14-25-17-28(23(18)16-26-20)27-19-7-9-22(10-8-19)34(31,32)21-5-3-2-4-6-21/h2-10,13-14,16,24,27H,11-12,15,17H2,1H3. The first kappa shape index (κ1) is 23.9. The number of fused-ring (bicyclic) bond motifs is 1. The molecule has 1 aliphatic heterocycles. The van der Waals surface area contributed by atoms with Crippen molar-refractivity contribution in [2.24, 2.45) is 4.99 Å². The molecule has 4 rings (SSSR count). The summed E-state index contributed by atoms with van der Waals surface area (Å²) >= 11 is 0. The second kappa shape index (κ2) is 9.92. The van der Waals surface area contributed by atoms with Crippen molar-refractivity contribution < 1.29 is 16.8 Å². The largest absolute Gasteiger partial charge is 0.310 e. The van der Waals surface area contributed by atoms with E-state index in [0.717, 1.165) is 16.9 Å². The number of rotatable bonds is 9. The predicted molar refractivity (Wildman–Crippen MR) is 133 cm³/mol. The Kier molecular flexibility index (Phi) is 6.96. The number of pyridine rings is 1. The Morgan fingerprint density at radius 1 is 0.971 bits per heavy atom. The summed E-state index contributed by atoms with van der Waals surface area (Å²) < 4.78 is 48.0. The van der Waals surface area contributed by atoms with Gasteiger partial charge in [-0.3, -0.25) is 20.4 Å². The number of sulfone groups is 2. The molecule has 34 heavy (non-hydrogen) atoms. The maximum absolute atomic E-state index is 12.8. The zero-order chi connectivity index (χ0) is 24.2. The first-order chi connectivity index (χ1) is 16.2. The number of aliphatic imine (C=N–C) groups is 1. The van der Waals surface area contributed by atoms with E-state index in [2.05, 4.69) is 20.7 Å². The van der Waals surface area contributed by atoms with Crippen molar-refractivity contribution in [3.63, 3.8) is 0 Å². The molecule has 11 heteroatoms. The maximum Gasteiger partial charge on any atom is 0.206 e. The van der Waals surface area contributed by atoms with Gasteiger partial charge >= 0.3 is 0 Å². The number of nitrogens with one attached hydrogen (secondary N) is 2. The number of nitrogens with zero attached hydrogens (tertiary/aromatic N) is 3. The second-order valence-corrected chi connectivity index (χ2v) is 12.1. The fourth-order valence-electron chi connectivity index (χ4n) is 3.40. The summed E-state index contributed by atoms with van der Waals surface area (Å²) in [6.45, 7) is 1.17. The minimum absolute atomic E-state index is 0.0720. The Morgan fingerprint density at radius 3 is 2.38 bits per heavy atom. The van der Waals surface area contributed by atoms with E-state index in [1.807, 2.05) is 11.1 Å². The lowest BCUT2D eigenvalue weighted by atomic mass is 10.2. The Bertz CT molecular complexity index is 1390. The van der Waals surface area contributed by atoms with Crippen LogP contribution in [-0.2, 0) is 26.2 Å². The van der Waals surface area contributed by atoms with Crippen LogP contribution in [0.2, 0.25) is 0 Å². The molecule has 0 aliphatic carbocycles. The van der Waals surface area contributed by atoms with Crippen LogP contribution in [-0.4, -0.2) is 53.3 Å². The van der Waals surface area contributed by atoms with Gasteiger partial charge in [-0.15, -0.1) is 0 Å². The summed E-state index contributed by atoms with van der Waals surface area (Å²) in [6, 6.07) is 16.8. The molecular formula is C23H25N5O4S2. The number of hydrogen-bond acceptors (Lipinski definition) is 9. The van der Waals surface area contributed by atoms with Crippen LogP contribution in [0.15, 0.2) is 81.6 Å². The molecule has 0 spiro atoms. The number of hydrazine groups is 1. The number of aromatic nitrogens is 1. The molecule has 178 valence electrons. The van der Waals surface area contributed by atoms with Gasteiger partial charge in [0.15, 0.2) is 0 Å². The Labute approximate surface area is 199 Å². The highest BCUT2D eigenvalue weighted by atomic mass is 32.2. The van der Waals surface area contributed by atoms with Gasteiger partial charge in [0.25, 0.3) is 0 Å².